The summed E-state index contributed by atoms with van der Waals surface area (Å²) in [6.07, 6.45) is -3.75. The van der Waals surface area contributed by atoms with Gasteiger partial charge in [0.25, 0.3) is 0 Å². The number of nitrogens with two attached hydrogens (primary N) is 1. The molecule has 0 unspecified atom stereocenters. The Balaban J connectivity index is 2.71. The van der Waals surface area contributed by atoms with Crippen LogP contribution in [0, 0.1) is 0 Å². The Morgan fingerprint density at radius 2 is 2.00 bits per heavy atom. The Kier molecular flexibility index (Phi) is 2.00. The Morgan fingerprint density at radius 1 is 1.33 bits per heavy atom. The van der Waals surface area contributed by atoms with Crippen molar-refractivity contribution in [2.24, 2.45) is 0 Å². The van der Waals surface area contributed by atoms with E-state index in [4.69, 9.17) is 17.3 Å². The van der Waals surface area contributed by atoms with Crippen molar-refractivity contribution in [2.75, 3.05) is 5.73 Å². The smallest absolute Gasteiger partial charge is 0.383 e. The first kappa shape index (κ1) is 10.0. The average Bonchev–Trinajstić information content (AvgIpc) is 2.46. The lowest BCUT2D eigenvalue weighted by Crippen LogP contribution is -2.04. The molecule has 2 heterocycles. The highest BCUT2D eigenvalue weighted by Gasteiger charge is 2.34. The van der Waals surface area contributed by atoms with Crippen LogP contribution < -0.4 is 5.73 Å². The van der Waals surface area contributed by atoms with E-state index in [1.54, 1.807) is 0 Å². The number of anilines is 1. The summed E-state index contributed by atoms with van der Waals surface area (Å²) in [4.78, 5) is 6.88. The van der Waals surface area contributed by atoms with E-state index < -0.39 is 11.9 Å². The lowest BCUT2D eigenvalue weighted by atomic mass is 10.5. The molecule has 0 bridgehead atoms. The third kappa shape index (κ3) is 1.70. The third-order valence-corrected chi connectivity index (χ3v) is 2.00. The van der Waals surface area contributed by atoms with Crippen LogP contribution in [0.25, 0.3) is 5.78 Å². The molecule has 80 valence electrons. The highest BCUT2D eigenvalue weighted by Crippen LogP contribution is 2.29. The zero-order valence-corrected chi connectivity index (χ0v) is 7.84. The zero-order chi connectivity index (χ0) is 11.2. The molecule has 0 fully saturated rings. The molecule has 0 radical (unpaired) electrons. The monoisotopic (exact) mass is 236 g/mol. The standard InChI is InChI=1S/C7H4ClF3N4/c8-4-1-5(12)14-6-13-3(2-15(4)6)7(9,10)11/h1-2H,(H2,12,13,14). The topological polar surface area (TPSA) is 56.2 Å². The molecule has 2 aromatic heterocycles. The largest absolute Gasteiger partial charge is 0.434 e. The van der Waals surface area contributed by atoms with Crippen LogP contribution in [0.5, 0.6) is 0 Å². The van der Waals surface area contributed by atoms with Crippen molar-refractivity contribution in [3.8, 4) is 0 Å². The molecule has 0 aliphatic carbocycles. The van der Waals surface area contributed by atoms with Crippen LogP contribution in [0.3, 0.4) is 0 Å². The molecule has 0 atom stereocenters. The molecular weight excluding hydrogens is 233 g/mol. The molecule has 0 aromatic carbocycles. The van der Waals surface area contributed by atoms with Gasteiger partial charge in [-0.15, -0.1) is 0 Å². The second-order valence-electron chi connectivity index (χ2n) is 2.80. The third-order valence-electron chi connectivity index (χ3n) is 1.70. The highest BCUT2D eigenvalue weighted by atomic mass is 35.5. The van der Waals surface area contributed by atoms with E-state index in [1.165, 1.54) is 6.07 Å². The Labute approximate surface area is 86.5 Å². The summed E-state index contributed by atoms with van der Waals surface area (Å²) in [6, 6.07) is 1.25. The maximum absolute atomic E-state index is 12.3. The minimum absolute atomic E-state index is 0.0202. The molecule has 8 heteroatoms. The molecule has 2 aromatic rings. The number of rotatable bonds is 0. The minimum Gasteiger partial charge on any atom is -0.383 e. The van der Waals surface area contributed by atoms with Crippen molar-refractivity contribution >= 4 is 23.2 Å². The molecular formula is C7H4ClF3N4. The molecule has 2 N–H and O–H groups in total. The fraction of sp³-hybridized carbons (Fsp3) is 0.143. The predicted molar refractivity (Wildman–Crippen MR) is 47.4 cm³/mol. The van der Waals surface area contributed by atoms with Gasteiger partial charge in [0.2, 0.25) is 5.78 Å². The van der Waals surface area contributed by atoms with Crippen LogP contribution in [0.1, 0.15) is 5.69 Å². The quantitative estimate of drug-likeness (QED) is 0.712. The first-order valence-electron chi connectivity index (χ1n) is 3.76. The maximum Gasteiger partial charge on any atom is 0.434 e. The molecule has 2 rings (SSSR count). The normalized spacial score (nSPS) is 12.3. The Morgan fingerprint density at radius 3 is 2.60 bits per heavy atom. The van der Waals surface area contributed by atoms with Crippen LogP contribution in [-0.2, 0) is 6.18 Å². The number of hydrogen-bond donors (Lipinski definition) is 1. The first-order chi connectivity index (χ1) is 6.88. The molecule has 0 amide bonds. The van der Waals surface area contributed by atoms with Crippen LogP contribution >= 0.6 is 11.6 Å². The van der Waals surface area contributed by atoms with Gasteiger partial charge in [-0.25, -0.2) is 4.98 Å². The minimum atomic E-state index is -4.52. The second kappa shape index (κ2) is 2.99. The first-order valence-corrected chi connectivity index (χ1v) is 4.14. The zero-order valence-electron chi connectivity index (χ0n) is 7.09. The number of halogens is 4. The molecule has 0 spiro atoms. The molecule has 15 heavy (non-hydrogen) atoms. The number of imidazole rings is 1. The molecule has 4 nitrogen and oxygen atoms in total. The number of nitrogens with zero attached hydrogens (tertiary/aromatic N) is 3. The van der Waals surface area contributed by atoms with Crippen molar-refractivity contribution in [3.05, 3.63) is 23.1 Å². The summed E-state index contributed by atoms with van der Waals surface area (Å²) < 4.78 is 37.9. The number of alkyl halides is 3. The molecule has 0 aliphatic heterocycles. The van der Waals surface area contributed by atoms with Gasteiger partial charge in [0, 0.05) is 12.3 Å². The van der Waals surface area contributed by atoms with Gasteiger partial charge in [-0.3, -0.25) is 4.40 Å². The van der Waals surface area contributed by atoms with Crippen LogP contribution in [0.2, 0.25) is 5.15 Å². The van der Waals surface area contributed by atoms with Crippen LogP contribution in [-0.4, -0.2) is 14.4 Å². The summed E-state index contributed by atoms with van der Waals surface area (Å²) in [6.45, 7) is 0. The summed E-state index contributed by atoms with van der Waals surface area (Å²) in [5.41, 5.74) is 4.26. The lowest BCUT2D eigenvalue weighted by Gasteiger charge is -1.98. The van der Waals surface area contributed by atoms with Gasteiger partial charge in [-0.05, 0) is 0 Å². The van der Waals surface area contributed by atoms with Crippen molar-refractivity contribution in [1.82, 2.24) is 14.4 Å². The van der Waals surface area contributed by atoms with Crippen molar-refractivity contribution in [2.45, 2.75) is 6.18 Å². The van der Waals surface area contributed by atoms with E-state index in [-0.39, 0.29) is 16.7 Å². The second-order valence-corrected chi connectivity index (χ2v) is 3.18. The van der Waals surface area contributed by atoms with E-state index in [2.05, 4.69) is 9.97 Å². The van der Waals surface area contributed by atoms with E-state index in [9.17, 15) is 13.2 Å². The van der Waals surface area contributed by atoms with Crippen LogP contribution in [0.15, 0.2) is 12.3 Å². The fourth-order valence-electron chi connectivity index (χ4n) is 1.08. The number of fused-ring (bicyclic) bond motifs is 1. The molecule has 0 aliphatic rings. The van der Waals surface area contributed by atoms with Crippen molar-refractivity contribution in [3.63, 3.8) is 0 Å². The van der Waals surface area contributed by atoms with E-state index in [0.717, 1.165) is 10.6 Å². The Bertz CT molecular complexity index is 519. The Hall–Kier alpha value is -1.50. The van der Waals surface area contributed by atoms with Gasteiger partial charge in [-0.1, -0.05) is 11.6 Å². The maximum atomic E-state index is 12.3. The molecule has 0 saturated carbocycles. The summed E-state index contributed by atoms with van der Waals surface area (Å²) >= 11 is 5.66. The van der Waals surface area contributed by atoms with E-state index in [1.807, 2.05) is 0 Å². The predicted octanol–water partition coefficient (Wildman–Crippen LogP) is 1.98. The lowest BCUT2D eigenvalue weighted by molar-refractivity contribution is -0.140. The summed E-state index contributed by atoms with van der Waals surface area (Å²) in [5.74, 6) is -0.154. The fourth-order valence-corrected chi connectivity index (χ4v) is 1.32. The highest BCUT2D eigenvalue weighted by molar-refractivity contribution is 6.30. The van der Waals surface area contributed by atoms with Gasteiger partial charge < -0.3 is 5.73 Å². The number of hydrogen-bond acceptors (Lipinski definition) is 3. The molecule has 0 saturated heterocycles. The number of aromatic nitrogens is 3. The van der Waals surface area contributed by atoms with Crippen LogP contribution in [0.4, 0.5) is 19.0 Å². The summed E-state index contributed by atoms with van der Waals surface area (Å²) in [5, 5.41) is 0.0282. The van der Waals surface area contributed by atoms with Gasteiger partial charge in [0.05, 0.1) is 0 Å². The average molecular weight is 237 g/mol. The van der Waals surface area contributed by atoms with Crippen molar-refractivity contribution < 1.29 is 13.2 Å². The summed E-state index contributed by atoms with van der Waals surface area (Å²) in [7, 11) is 0. The van der Waals surface area contributed by atoms with E-state index in [0.29, 0.717) is 0 Å². The number of nitrogen functional groups attached to an aromatic ring is 1. The van der Waals surface area contributed by atoms with Gasteiger partial charge >= 0.3 is 6.18 Å². The van der Waals surface area contributed by atoms with Gasteiger partial charge in [0.15, 0.2) is 5.69 Å². The van der Waals surface area contributed by atoms with Gasteiger partial charge in [0.1, 0.15) is 11.0 Å². The SMILES string of the molecule is Nc1cc(Cl)n2cc(C(F)(F)F)nc2n1. The van der Waals surface area contributed by atoms with E-state index >= 15 is 0 Å². The van der Waals surface area contributed by atoms with Gasteiger partial charge in [-0.2, -0.15) is 18.2 Å². The van der Waals surface area contributed by atoms with Crippen molar-refractivity contribution in [1.29, 1.82) is 0 Å².